The second-order valence-electron chi connectivity index (χ2n) is 5.98. The molecule has 0 N–H and O–H groups in total. The zero-order valence-electron chi connectivity index (χ0n) is 15.1. The molecule has 3 aromatic rings. The minimum atomic E-state index is -0.310. The fourth-order valence-corrected chi connectivity index (χ4v) is 3.22. The van der Waals surface area contributed by atoms with Gasteiger partial charge in [-0.05, 0) is 31.2 Å². The fraction of sp³-hybridized carbons (Fsp3) is 0.238. The molecule has 1 heterocycles. The lowest BCUT2D eigenvalue weighted by Crippen LogP contribution is -2.09. The topological polar surface area (TPSA) is 65.7 Å². The van der Waals surface area contributed by atoms with Gasteiger partial charge in [-0.15, -0.1) is 0 Å². The highest BCUT2D eigenvalue weighted by Crippen LogP contribution is 2.31. The molecule has 0 atom stereocenters. The Kier molecular flexibility index (Phi) is 5.96. The van der Waals surface area contributed by atoms with Crippen LogP contribution in [0.2, 0.25) is 0 Å². The molecule has 5 nitrogen and oxygen atoms in total. The second-order valence-corrected chi connectivity index (χ2v) is 6.90. The van der Waals surface area contributed by atoms with Crippen molar-refractivity contribution in [3.8, 4) is 5.75 Å². The number of halogens is 1. The maximum absolute atomic E-state index is 12.0. The monoisotopic (exact) mass is 430 g/mol. The predicted molar refractivity (Wildman–Crippen MR) is 105 cm³/mol. The number of ketones is 1. The number of rotatable bonds is 7. The molecule has 2 aromatic carbocycles. The van der Waals surface area contributed by atoms with Gasteiger partial charge in [0.15, 0.2) is 11.5 Å². The van der Waals surface area contributed by atoms with Crippen LogP contribution in [0, 0.1) is 0 Å². The molecule has 0 saturated carbocycles. The zero-order valence-corrected chi connectivity index (χ0v) is 16.7. The molecule has 0 aliphatic heterocycles. The lowest BCUT2D eigenvalue weighted by atomic mass is 10.1. The average Bonchev–Trinajstić information content (AvgIpc) is 2.99. The van der Waals surface area contributed by atoms with Crippen LogP contribution in [0.15, 0.2) is 51.4 Å². The third kappa shape index (κ3) is 4.39. The van der Waals surface area contributed by atoms with E-state index in [2.05, 4.69) is 15.9 Å². The molecule has 0 aliphatic rings. The van der Waals surface area contributed by atoms with Crippen LogP contribution in [0.3, 0.4) is 0 Å². The number of Topliss-reactive ketones (excluding diaryl/α,β-unsaturated/α-hetero) is 1. The molecule has 0 spiro atoms. The SMILES string of the molecule is CCOC(=O)Cc1ccccc1OCc1c(C(C)=O)oc2ccc(Br)cc12. The number of esters is 1. The van der Waals surface area contributed by atoms with Crippen molar-refractivity contribution >= 4 is 38.7 Å². The number of fused-ring (bicyclic) bond motifs is 1. The maximum atomic E-state index is 12.0. The third-order valence-electron chi connectivity index (χ3n) is 4.06. The third-order valence-corrected chi connectivity index (χ3v) is 4.55. The normalized spacial score (nSPS) is 10.8. The van der Waals surface area contributed by atoms with Crippen LogP contribution in [0.25, 0.3) is 11.0 Å². The fourth-order valence-electron chi connectivity index (χ4n) is 2.86. The number of hydrogen-bond donors (Lipinski definition) is 0. The first kappa shape index (κ1) is 19.2. The summed E-state index contributed by atoms with van der Waals surface area (Å²) in [5.74, 6) is 0.381. The Labute approximate surface area is 165 Å². The Balaban J connectivity index is 1.89. The number of para-hydroxylation sites is 1. The molecule has 0 amide bonds. The van der Waals surface area contributed by atoms with Gasteiger partial charge < -0.3 is 13.9 Å². The van der Waals surface area contributed by atoms with Gasteiger partial charge in [0.1, 0.15) is 17.9 Å². The van der Waals surface area contributed by atoms with Gasteiger partial charge in [0, 0.05) is 27.9 Å². The Morgan fingerprint density at radius 3 is 2.67 bits per heavy atom. The van der Waals surface area contributed by atoms with Gasteiger partial charge in [-0.1, -0.05) is 34.1 Å². The van der Waals surface area contributed by atoms with E-state index < -0.39 is 0 Å². The summed E-state index contributed by atoms with van der Waals surface area (Å²) in [6, 6.07) is 12.8. The lowest BCUT2D eigenvalue weighted by Gasteiger charge is -2.11. The van der Waals surface area contributed by atoms with Crippen molar-refractivity contribution in [1.29, 1.82) is 0 Å². The average molecular weight is 431 g/mol. The molecule has 0 saturated heterocycles. The number of furan rings is 1. The van der Waals surface area contributed by atoms with Crippen molar-refractivity contribution in [3.63, 3.8) is 0 Å². The molecule has 0 bridgehead atoms. The van der Waals surface area contributed by atoms with Crippen molar-refractivity contribution in [2.24, 2.45) is 0 Å². The Morgan fingerprint density at radius 1 is 1.15 bits per heavy atom. The molecule has 3 rings (SSSR count). The Bertz CT molecular complexity index is 989. The highest BCUT2D eigenvalue weighted by Gasteiger charge is 2.19. The molecule has 1 aromatic heterocycles. The van der Waals surface area contributed by atoms with E-state index in [4.69, 9.17) is 13.9 Å². The van der Waals surface area contributed by atoms with Gasteiger partial charge in [0.25, 0.3) is 0 Å². The summed E-state index contributed by atoms with van der Waals surface area (Å²) < 4.78 is 17.6. The summed E-state index contributed by atoms with van der Waals surface area (Å²) in [5.41, 5.74) is 2.04. The van der Waals surface area contributed by atoms with Gasteiger partial charge in [0.2, 0.25) is 0 Å². The summed E-state index contributed by atoms with van der Waals surface area (Å²) in [6.07, 6.45) is 0.126. The predicted octanol–water partition coefficient (Wildman–Crippen LogP) is 5.08. The first-order valence-corrected chi connectivity index (χ1v) is 9.37. The second kappa shape index (κ2) is 8.39. The van der Waals surface area contributed by atoms with Crippen LogP contribution in [-0.4, -0.2) is 18.4 Å². The first-order valence-electron chi connectivity index (χ1n) is 8.57. The van der Waals surface area contributed by atoms with E-state index in [0.717, 1.165) is 15.4 Å². The minimum Gasteiger partial charge on any atom is -0.488 e. The Hall–Kier alpha value is -2.60. The largest absolute Gasteiger partial charge is 0.488 e. The minimum absolute atomic E-state index is 0.126. The quantitative estimate of drug-likeness (QED) is 0.386. The van der Waals surface area contributed by atoms with Gasteiger partial charge in [-0.3, -0.25) is 9.59 Å². The number of carbonyl (C=O) groups is 2. The van der Waals surface area contributed by atoms with E-state index >= 15 is 0 Å². The molecule has 6 heteroatoms. The lowest BCUT2D eigenvalue weighted by molar-refractivity contribution is -0.142. The van der Waals surface area contributed by atoms with Crippen molar-refractivity contribution < 1.29 is 23.5 Å². The summed E-state index contributed by atoms with van der Waals surface area (Å²) in [7, 11) is 0. The molecule has 0 aliphatic carbocycles. The molecule has 140 valence electrons. The standard InChI is InChI=1S/C21H19BrO5/c1-3-25-20(24)10-14-6-4-5-7-18(14)26-12-17-16-11-15(22)8-9-19(16)27-21(17)13(2)23/h4-9,11H,3,10,12H2,1-2H3. The molecule has 0 unspecified atom stereocenters. The van der Waals surface area contributed by atoms with Gasteiger partial charge in [0.05, 0.1) is 13.0 Å². The highest BCUT2D eigenvalue weighted by molar-refractivity contribution is 9.10. The van der Waals surface area contributed by atoms with Gasteiger partial charge >= 0.3 is 5.97 Å². The number of benzene rings is 2. The highest BCUT2D eigenvalue weighted by atomic mass is 79.9. The smallest absolute Gasteiger partial charge is 0.310 e. The molecule has 0 radical (unpaired) electrons. The number of hydrogen-bond acceptors (Lipinski definition) is 5. The van der Waals surface area contributed by atoms with E-state index in [9.17, 15) is 9.59 Å². The molecular formula is C21H19BrO5. The number of ether oxygens (including phenoxy) is 2. The van der Waals surface area contributed by atoms with Gasteiger partial charge in [-0.25, -0.2) is 0 Å². The van der Waals surface area contributed by atoms with Gasteiger partial charge in [-0.2, -0.15) is 0 Å². The number of carbonyl (C=O) groups excluding carboxylic acids is 2. The van der Waals surface area contributed by atoms with Crippen LogP contribution in [0.4, 0.5) is 0 Å². The summed E-state index contributed by atoms with van der Waals surface area (Å²) >= 11 is 3.44. The van der Waals surface area contributed by atoms with E-state index in [1.165, 1.54) is 6.92 Å². The van der Waals surface area contributed by atoms with Crippen LogP contribution in [0.5, 0.6) is 5.75 Å². The molecule has 0 fully saturated rings. The van der Waals surface area contributed by atoms with Crippen molar-refractivity contribution in [2.45, 2.75) is 26.9 Å². The molecular weight excluding hydrogens is 412 g/mol. The zero-order chi connectivity index (χ0) is 19.4. The van der Waals surface area contributed by atoms with Crippen LogP contribution in [0.1, 0.15) is 35.5 Å². The maximum Gasteiger partial charge on any atom is 0.310 e. The Morgan fingerprint density at radius 2 is 1.93 bits per heavy atom. The van der Waals surface area contributed by atoms with E-state index in [1.807, 2.05) is 36.4 Å². The van der Waals surface area contributed by atoms with Crippen LogP contribution < -0.4 is 4.74 Å². The van der Waals surface area contributed by atoms with Crippen LogP contribution in [-0.2, 0) is 22.6 Å². The van der Waals surface area contributed by atoms with Crippen LogP contribution >= 0.6 is 15.9 Å². The van der Waals surface area contributed by atoms with E-state index in [1.54, 1.807) is 13.0 Å². The van der Waals surface area contributed by atoms with E-state index in [0.29, 0.717) is 23.5 Å². The summed E-state index contributed by atoms with van der Waals surface area (Å²) in [4.78, 5) is 23.8. The van der Waals surface area contributed by atoms with E-state index in [-0.39, 0.29) is 30.5 Å². The summed E-state index contributed by atoms with van der Waals surface area (Å²) in [5, 5.41) is 0.817. The van der Waals surface area contributed by atoms with Crippen molar-refractivity contribution in [2.75, 3.05) is 6.61 Å². The molecule has 27 heavy (non-hydrogen) atoms. The van der Waals surface area contributed by atoms with Crippen molar-refractivity contribution in [1.82, 2.24) is 0 Å². The first-order chi connectivity index (χ1) is 13.0. The summed E-state index contributed by atoms with van der Waals surface area (Å²) in [6.45, 7) is 3.72. The van der Waals surface area contributed by atoms with Crippen molar-refractivity contribution in [3.05, 3.63) is 63.8 Å².